The van der Waals surface area contributed by atoms with E-state index in [4.69, 9.17) is 5.11 Å². The average Bonchev–Trinajstić information content (AvgIpc) is 2.86. The fourth-order valence-electron chi connectivity index (χ4n) is 2.75. The van der Waals surface area contributed by atoms with Crippen LogP contribution in [-0.4, -0.2) is 26.0 Å². The third-order valence-corrected chi connectivity index (χ3v) is 3.63. The highest BCUT2D eigenvalue weighted by molar-refractivity contribution is 5.87. The van der Waals surface area contributed by atoms with Gasteiger partial charge in [0.1, 0.15) is 5.65 Å². The van der Waals surface area contributed by atoms with E-state index in [1.807, 2.05) is 6.07 Å². The SMILES string of the molecule is O=C(O)c1nc(C2CCCCC2)c2cc[nH]c2n1. The van der Waals surface area contributed by atoms with Crippen LogP contribution in [0.15, 0.2) is 12.3 Å². The molecule has 0 atom stereocenters. The third kappa shape index (κ3) is 1.85. The number of carboxylic acids is 1. The van der Waals surface area contributed by atoms with Crippen LogP contribution in [0.5, 0.6) is 0 Å². The lowest BCUT2D eigenvalue weighted by Gasteiger charge is -2.21. The zero-order valence-electron chi connectivity index (χ0n) is 10.0. The Morgan fingerprint density at radius 3 is 2.78 bits per heavy atom. The maximum atomic E-state index is 11.1. The predicted octanol–water partition coefficient (Wildman–Crippen LogP) is 2.70. The van der Waals surface area contributed by atoms with Crippen molar-refractivity contribution in [3.05, 3.63) is 23.8 Å². The number of aromatic carboxylic acids is 1. The third-order valence-electron chi connectivity index (χ3n) is 3.63. The highest BCUT2D eigenvalue weighted by Gasteiger charge is 2.22. The van der Waals surface area contributed by atoms with Gasteiger partial charge in [0.05, 0.1) is 5.69 Å². The van der Waals surface area contributed by atoms with Crippen molar-refractivity contribution in [2.75, 3.05) is 0 Å². The van der Waals surface area contributed by atoms with Gasteiger partial charge in [-0.1, -0.05) is 19.3 Å². The molecule has 0 aliphatic heterocycles. The smallest absolute Gasteiger partial charge is 0.374 e. The summed E-state index contributed by atoms with van der Waals surface area (Å²) in [5.74, 6) is -0.799. The molecular formula is C13H15N3O2. The van der Waals surface area contributed by atoms with Crippen molar-refractivity contribution in [3.8, 4) is 0 Å². The Bertz CT molecular complexity index is 585. The molecular weight excluding hydrogens is 230 g/mol. The standard InChI is InChI=1S/C13H15N3O2/c17-13(18)12-15-10(8-4-2-1-3-5-8)9-6-7-14-11(9)16-12/h6-8H,1-5H2,(H,17,18)(H,14,15,16). The van der Waals surface area contributed by atoms with Crippen LogP contribution in [0, 0.1) is 0 Å². The molecule has 0 spiro atoms. The van der Waals surface area contributed by atoms with Crippen LogP contribution in [0.1, 0.15) is 54.3 Å². The summed E-state index contributed by atoms with van der Waals surface area (Å²) in [4.78, 5) is 22.3. The number of nitrogens with zero attached hydrogens (tertiary/aromatic N) is 2. The van der Waals surface area contributed by atoms with Gasteiger partial charge in [0.25, 0.3) is 0 Å². The van der Waals surface area contributed by atoms with Crippen molar-refractivity contribution >= 4 is 17.0 Å². The van der Waals surface area contributed by atoms with Crippen LogP contribution in [-0.2, 0) is 0 Å². The Hall–Kier alpha value is -1.91. The molecule has 18 heavy (non-hydrogen) atoms. The zero-order chi connectivity index (χ0) is 12.5. The summed E-state index contributed by atoms with van der Waals surface area (Å²) in [7, 11) is 0. The van der Waals surface area contributed by atoms with Crippen molar-refractivity contribution in [2.45, 2.75) is 38.0 Å². The van der Waals surface area contributed by atoms with E-state index in [1.165, 1.54) is 19.3 Å². The van der Waals surface area contributed by atoms with Crippen molar-refractivity contribution in [3.63, 3.8) is 0 Å². The second kappa shape index (κ2) is 4.40. The minimum atomic E-state index is -1.07. The summed E-state index contributed by atoms with van der Waals surface area (Å²) < 4.78 is 0. The fraction of sp³-hybridized carbons (Fsp3) is 0.462. The molecule has 2 aromatic rings. The normalized spacial score (nSPS) is 17.1. The molecule has 0 aromatic carbocycles. The largest absolute Gasteiger partial charge is 0.475 e. The summed E-state index contributed by atoms with van der Waals surface area (Å²) in [5.41, 5.74) is 1.53. The lowest BCUT2D eigenvalue weighted by molar-refractivity contribution is 0.0683. The van der Waals surface area contributed by atoms with Gasteiger partial charge in [-0.15, -0.1) is 0 Å². The highest BCUT2D eigenvalue weighted by atomic mass is 16.4. The van der Waals surface area contributed by atoms with Crippen molar-refractivity contribution in [1.82, 2.24) is 15.0 Å². The number of aromatic nitrogens is 3. The number of carboxylic acid groups (broad SMARTS) is 1. The summed E-state index contributed by atoms with van der Waals surface area (Å²) in [6.45, 7) is 0. The Kier molecular flexibility index (Phi) is 2.74. The second-order valence-electron chi connectivity index (χ2n) is 4.81. The molecule has 0 unspecified atom stereocenters. The number of H-pyrrole nitrogens is 1. The average molecular weight is 245 g/mol. The first-order valence-corrected chi connectivity index (χ1v) is 6.34. The van der Waals surface area contributed by atoms with Crippen LogP contribution in [0.2, 0.25) is 0 Å². The maximum Gasteiger partial charge on any atom is 0.374 e. The van der Waals surface area contributed by atoms with E-state index in [0.29, 0.717) is 11.6 Å². The minimum Gasteiger partial charge on any atom is -0.475 e. The van der Waals surface area contributed by atoms with Crippen molar-refractivity contribution in [2.24, 2.45) is 0 Å². The van der Waals surface area contributed by atoms with Gasteiger partial charge in [0.2, 0.25) is 5.82 Å². The molecule has 1 aliphatic carbocycles. The Morgan fingerprint density at radius 1 is 1.28 bits per heavy atom. The van der Waals surface area contributed by atoms with Gasteiger partial charge in [0, 0.05) is 17.5 Å². The predicted molar refractivity (Wildman–Crippen MR) is 66.7 cm³/mol. The number of fused-ring (bicyclic) bond motifs is 1. The maximum absolute atomic E-state index is 11.1. The van der Waals surface area contributed by atoms with Gasteiger partial charge in [-0.2, -0.15) is 0 Å². The number of rotatable bonds is 2. The monoisotopic (exact) mass is 245 g/mol. The molecule has 2 heterocycles. The number of carbonyl (C=O) groups is 1. The van der Waals surface area contributed by atoms with E-state index < -0.39 is 5.97 Å². The Morgan fingerprint density at radius 2 is 2.06 bits per heavy atom. The van der Waals surface area contributed by atoms with Gasteiger partial charge < -0.3 is 10.1 Å². The minimum absolute atomic E-state index is 0.106. The van der Waals surface area contributed by atoms with Crippen LogP contribution in [0.3, 0.4) is 0 Å². The van der Waals surface area contributed by atoms with Gasteiger partial charge in [-0.25, -0.2) is 14.8 Å². The van der Waals surface area contributed by atoms with E-state index in [9.17, 15) is 4.79 Å². The quantitative estimate of drug-likeness (QED) is 0.852. The first-order chi connectivity index (χ1) is 8.75. The Balaban J connectivity index is 2.12. The zero-order valence-corrected chi connectivity index (χ0v) is 10.0. The molecule has 0 bridgehead atoms. The summed E-state index contributed by atoms with van der Waals surface area (Å²) in [6.07, 6.45) is 7.64. The first-order valence-electron chi connectivity index (χ1n) is 6.34. The number of nitrogens with one attached hydrogen (secondary N) is 1. The van der Waals surface area contributed by atoms with E-state index in [1.54, 1.807) is 6.20 Å². The Labute approximate surface area is 104 Å². The van der Waals surface area contributed by atoms with Crippen LogP contribution >= 0.6 is 0 Å². The van der Waals surface area contributed by atoms with Gasteiger partial charge in [0.15, 0.2) is 0 Å². The highest BCUT2D eigenvalue weighted by Crippen LogP contribution is 2.34. The van der Waals surface area contributed by atoms with Crippen LogP contribution in [0.4, 0.5) is 0 Å². The lowest BCUT2D eigenvalue weighted by Crippen LogP contribution is -2.12. The van der Waals surface area contributed by atoms with Gasteiger partial charge in [-0.05, 0) is 18.9 Å². The van der Waals surface area contributed by atoms with Gasteiger partial charge >= 0.3 is 5.97 Å². The number of aromatic amines is 1. The van der Waals surface area contributed by atoms with E-state index in [-0.39, 0.29) is 5.82 Å². The molecule has 1 saturated carbocycles. The summed E-state index contributed by atoms with van der Waals surface area (Å²) >= 11 is 0. The summed E-state index contributed by atoms with van der Waals surface area (Å²) in [6, 6.07) is 1.94. The first kappa shape index (κ1) is 11.2. The molecule has 3 rings (SSSR count). The molecule has 1 fully saturated rings. The van der Waals surface area contributed by atoms with Crippen molar-refractivity contribution in [1.29, 1.82) is 0 Å². The fourth-order valence-corrected chi connectivity index (χ4v) is 2.75. The second-order valence-corrected chi connectivity index (χ2v) is 4.81. The molecule has 5 heteroatoms. The van der Waals surface area contributed by atoms with Crippen molar-refractivity contribution < 1.29 is 9.90 Å². The molecule has 0 saturated heterocycles. The molecule has 2 aromatic heterocycles. The molecule has 2 N–H and O–H groups in total. The molecule has 94 valence electrons. The molecule has 1 aliphatic rings. The van der Waals surface area contributed by atoms with Crippen LogP contribution < -0.4 is 0 Å². The summed E-state index contributed by atoms with van der Waals surface area (Å²) in [5, 5.41) is 10.0. The molecule has 0 radical (unpaired) electrons. The number of hydrogen-bond acceptors (Lipinski definition) is 3. The molecule has 0 amide bonds. The number of hydrogen-bond donors (Lipinski definition) is 2. The van der Waals surface area contributed by atoms with Gasteiger partial charge in [-0.3, -0.25) is 0 Å². The lowest BCUT2D eigenvalue weighted by atomic mass is 9.86. The van der Waals surface area contributed by atoms with E-state index >= 15 is 0 Å². The van der Waals surface area contributed by atoms with E-state index in [2.05, 4.69) is 15.0 Å². The molecule has 5 nitrogen and oxygen atoms in total. The topological polar surface area (TPSA) is 78.9 Å². The van der Waals surface area contributed by atoms with Crippen LogP contribution in [0.25, 0.3) is 11.0 Å². The van der Waals surface area contributed by atoms with E-state index in [0.717, 1.165) is 23.9 Å².